The summed E-state index contributed by atoms with van der Waals surface area (Å²) in [7, 11) is 0. The quantitative estimate of drug-likeness (QED) is 0.0938. The Morgan fingerprint density at radius 3 is 1.91 bits per heavy atom. The molecule has 0 aromatic carbocycles. The monoisotopic (exact) mass is 1000 g/mol. The second-order valence-corrected chi connectivity index (χ2v) is 22.4. The Balaban J connectivity index is 0.756. The molecule has 21 nitrogen and oxygen atoms in total. The number of esters is 2. The van der Waals surface area contributed by atoms with Crippen LogP contribution in [-0.4, -0.2) is 200 Å². The van der Waals surface area contributed by atoms with Gasteiger partial charge in [-0.3, -0.25) is 4.79 Å². The molecule has 0 aromatic heterocycles. The van der Waals surface area contributed by atoms with Gasteiger partial charge in [0.2, 0.25) is 0 Å². The fourth-order valence-corrected chi connectivity index (χ4v) is 14.7. The largest absolute Gasteiger partial charge is 0.459 e. The molecule has 4 saturated heterocycles. The molecule has 0 aromatic rings. The molecule has 9 aliphatic rings. The third-order valence-corrected chi connectivity index (χ3v) is 18.3. The van der Waals surface area contributed by atoms with Crippen molar-refractivity contribution in [1.29, 1.82) is 0 Å². The molecule has 4 aliphatic carbocycles. The van der Waals surface area contributed by atoms with Crippen LogP contribution >= 0.6 is 0 Å². The van der Waals surface area contributed by atoms with Crippen LogP contribution in [0.3, 0.4) is 0 Å². The van der Waals surface area contributed by atoms with Gasteiger partial charge in [-0.2, -0.15) is 0 Å². The smallest absolute Gasteiger partial charge is 0.331 e. The summed E-state index contributed by atoms with van der Waals surface area (Å²) in [6.45, 7) is 9.87. The van der Waals surface area contributed by atoms with Crippen molar-refractivity contribution in [3.05, 3.63) is 11.6 Å². The van der Waals surface area contributed by atoms with Gasteiger partial charge in [0.25, 0.3) is 0 Å². The van der Waals surface area contributed by atoms with Gasteiger partial charge in [-0.05, 0) is 88.0 Å². The zero-order valence-electron chi connectivity index (χ0n) is 40.8. The first-order valence-electron chi connectivity index (χ1n) is 25.4. The van der Waals surface area contributed by atoms with Crippen LogP contribution in [0.4, 0.5) is 0 Å². The maximum Gasteiger partial charge on any atom is 0.331 e. The first-order valence-corrected chi connectivity index (χ1v) is 25.4. The second-order valence-electron chi connectivity index (χ2n) is 22.4. The predicted molar refractivity (Wildman–Crippen MR) is 236 cm³/mol. The summed E-state index contributed by atoms with van der Waals surface area (Å²) in [6.07, 6.45) is -14.3. The molecule has 27 atom stereocenters. The lowest BCUT2D eigenvalue weighted by Crippen LogP contribution is -2.67. The van der Waals surface area contributed by atoms with Crippen molar-refractivity contribution in [2.75, 3.05) is 13.2 Å². The zero-order valence-corrected chi connectivity index (χ0v) is 40.8. The van der Waals surface area contributed by atoms with E-state index in [0.29, 0.717) is 12.0 Å². The van der Waals surface area contributed by atoms with Crippen molar-refractivity contribution in [3.63, 3.8) is 0 Å². The molecular formula is C49H76O21. The van der Waals surface area contributed by atoms with Gasteiger partial charge in [-0.1, -0.05) is 13.8 Å². The van der Waals surface area contributed by atoms with E-state index in [1.54, 1.807) is 20.8 Å². The lowest BCUT2D eigenvalue weighted by molar-refractivity contribution is -0.355. The molecule has 0 bridgehead atoms. The molecule has 5 aliphatic heterocycles. The second kappa shape index (κ2) is 20.3. The van der Waals surface area contributed by atoms with Crippen molar-refractivity contribution in [2.24, 2.45) is 34.5 Å². The average molecular weight is 1000 g/mol. The third kappa shape index (κ3) is 9.43. The van der Waals surface area contributed by atoms with E-state index >= 15 is 0 Å². The number of hydrogen-bond donors (Lipinski definition) is 9. The van der Waals surface area contributed by atoms with Crippen molar-refractivity contribution in [3.8, 4) is 0 Å². The molecular weight excluding hydrogens is 925 g/mol. The Kier molecular flexibility index (Phi) is 15.3. The number of hydrogen-bond acceptors (Lipinski definition) is 21. The Morgan fingerprint density at radius 2 is 1.33 bits per heavy atom. The standard InChI is InChI=1S/C49H76O21/c1-20-43(68-37-15-30(53)44(21(2)63-37)69-38-16-32(65-23(4)51)45(22(3)64-38)70-46-42(59)41(58)40(57)33(18-50)67-46)29(52)14-36(62-20)66-26-9-10-47(5)25(12-26)7-8-27-28(47)13-34(55)48(6)39(24-11-35(56)61-19-24)31(54)17-49(27,48)60/h11,20-22,25-34,36-46,50,52-55,57-60H,7-10,12-19H2,1-6H3. The van der Waals surface area contributed by atoms with Gasteiger partial charge >= 0.3 is 11.9 Å². The minimum Gasteiger partial charge on any atom is -0.459 e. The van der Waals surface area contributed by atoms with Gasteiger partial charge in [0, 0.05) is 50.0 Å². The number of fused-ring (bicyclic) bond motifs is 5. The van der Waals surface area contributed by atoms with Crippen LogP contribution in [0.2, 0.25) is 0 Å². The number of carbonyl (C=O) groups excluding carboxylic acids is 2. The van der Waals surface area contributed by atoms with E-state index in [1.165, 1.54) is 13.0 Å². The van der Waals surface area contributed by atoms with E-state index < -0.39 is 152 Å². The highest BCUT2D eigenvalue weighted by molar-refractivity contribution is 5.85. The fourth-order valence-electron chi connectivity index (χ4n) is 14.7. The van der Waals surface area contributed by atoms with E-state index in [-0.39, 0.29) is 61.6 Å². The predicted octanol–water partition coefficient (Wildman–Crippen LogP) is -0.416. The number of ether oxygens (including phenoxy) is 10. The first kappa shape index (κ1) is 52.8. The maximum atomic E-state index is 12.6. The van der Waals surface area contributed by atoms with Crippen molar-refractivity contribution in [1.82, 2.24) is 0 Å². The Hall–Kier alpha value is -2.00. The minimum atomic E-state index is -1.69. The lowest BCUT2D eigenvalue weighted by Gasteiger charge is -2.65. The van der Waals surface area contributed by atoms with Crippen molar-refractivity contribution >= 4 is 11.9 Å². The number of aliphatic hydroxyl groups excluding tert-OH is 8. The van der Waals surface area contributed by atoms with Gasteiger partial charge in [0.05, 0.1) is 61.0 Å². The van der Waals surface area contributed by atoms with E-state index in [4.69, 9.17) is 47.4 Å². The van der Waals surface area contributed by atoms with Crippen LogP contribution in [0.1, 0.15) is 106 Å². The van der Waals surface area contributed by atoms with Gasteiger partial charge < -0.3 is 93.3 Å². The van der Waals surface area contributed by atoms with Gasteiger partial charge in [0.15, 0.2) is 25.2 Å². The fraction of sp³-hybridized carbons (Fsp3) is 0.918. The molecule has 0 amide bonds. The molecule has 27 unspecified atom stereocenters. The molecule has 70 heavy (non-hydrogen) atoms. The summed E-state index contributed by atoms with van der Waals surface area (Å²) >= 11 is 0. The number of cyclic esters (lactones) is 1. The summed E-state index contributed by atoms with van der Waals surface area (Å²) in [4.78, 5) is 24.2. The maximum absolute atomic E-state index is 12.6. The number of rotatable bonds is 11. The normalized spacial score (nSPS) is 53.8. The SMILES string of the molecule is CC(=O)OC1CC(OC2C(O)CC(OC3C(O)CC(OC4CCC5(C)C(CCC6C5CC(O)C5(C)C(C7=CC(=O)OC7)C(O)CC65O)C4)OC3C)OC2C)OC(C)C1OC1OC(CO)C(O)C(O)C1O. The molecule has 4 saturated carbocycles. The summed E-state index contributed by atoms with van der Waals surface area (Å²) in [5.74, 6) is -1.55. The van der Waals surface area contributed by atoms with Gasteiger partial charge in [0.1, 0.15) is 55.4 Å². The third-order valence-electron chi connectivity index (χ3n) is 18.3. The molecule has 5 heterocycles. The Labute approximate surface area is 407 Å². The Bertz CT molecular complexity index is 1880. The van der Waals surface area contributed by atoms with Crippen LogP contribution in [0, 0.1) is 34.5 Å². The molecule has 8 fully saturated rings. The molecule has 9 N–H and O–H groups in total. The van der Waals surface area contributed by atoms with E-state index in [9.17, 15) is 55.5 Å². The number of carbonyl (C=O) groups is 2. The van der Waals surface area contributed by atoms with Crippen LogP contribution in [-0.2, 0) is 57.0 Å². The van der Waals surface area contributed by atoms with Crippen LogP contribution < -0.4 is 0 Å². The summed E-state index contributed by atoms with van der Waals surface area (Å²) in [6, 6.07) is 0. The Morgan fingerprint density at radius 1 is 0.714 bits per heavy atom. The van der Waals surface area contributed by atoms with Crippen molar-refractivity contribution < 1.29 is 103 Å². The summed E-state index contributed by atoms with van der Waals surface area (Å²) in [5.41, 5.74) is -1.92. The topological polar surface area (TPSA) is 309 Å². The minimum absolute atomic E-state index is 0.0175. The highest BCUT2D eigenvalue weighted by Gasteiger charge is 2.73. The molecule has 9 rings (SSSR count). The summed E-state index contributed by atoms with van der Waals surface area (Å²) < 4.78 is 59.9. The van der Waals surface area contributed by atoms with E-state index in [2.05, 4.69) is 6.92 Å². The molecule has 0 radical (unpaired) electrons. The summed E-state index contributed by atoms with van der Waals surface area (Å²) in [5, 5.41) is 99.5. The number of aliphatic hydroxyl groups is 9. The molecule has 398 valence electrons. The highest BCUT2D eigenvalue weighted by Crippen LogP contribution is 2.70. The zero-order chi connectivity index (χ0) is 50.4. The van der Waals surface area contributed by atoms with Crippen LogP contribution in [0.5, 0.6) is 0 Å². The van der Waals surface area contributed by atoms with Crippen LogP contribution in [0.25, 0.3) is 0 Å². The van der Waals surface area contributed by atoms with E-state index in [0.717, 1.165) is 32.1 Å². The van der Waals surface area contributed by atoms with Gasteiger partial charge in [-0.15, -0.1) is 0 Å². The first-order chi connectivity index (χ1) is 33.1. The van der Waals surface area contributed by atoms with E-state index in [1.807, 2.05) is 6.92 Å². The molecule has 21 heteroatoms. The van der Waals surface area contributed by atoms with Gasteiger partial charge in [-0.25, -0.2) is 4.79 Å². The average Bonchev–Trinajstić information content (AvgIpc) is 3.80. The highest BCUT2D eigenvalue weighted by atomic mass is 16.8. The van der Waals surface area contributed by atoms with Crippen molar-refractivity contribution in [2.45, 2.75) is 234 Å². The molecule has 0 spiro atoms. The van der Waals surface area contributed by atoms with Crippen LogP contribution in [0.15, 0.2) is 11.6 Å². The lowest BCUT2D eigenvalue weighted by atomic mass is 9.42.